The summed E-state index contributed by atoms with van der Waals surface area (Å²) < 4.78 is 17.8. The Morgan fingerprint density at radius 2 is 1.84 bits per heavy atom. The van der Waals surface area contributed by atoms with Gasteiger partial charge in [-0.2, -0.15) is 0 Å². The molecule has 140 valence electrons. The van der Waals surface area contributed by atoms with Crippen molar-refractivity contribution in [3.8, 4) is 0 Å². The molecule has 0 aliphatic carbocycles. The van der Waals surface area contributed by atoms with Gasteiger partial charge in [-0.25, -0.2) is 4.79 Å². The molecule has 4 nitrogen and oxygen atoms in total. The summed E-state index contributed by atoms with van der Waals surface area (Å²) in [6.07, 6.45) is 3.86. The second kappa shape index (κ2) is 12.0. The Morgan fingerprint density at radius 1 is 1.16 bits per heavy atom. The van der Waals surface area contributed by atoms with Crippen LogP contribution in [0.4, 0.5) is 0 Å². The molecule has 0 N–H and O–H groups in total. The van der Waals surface area contributed by atoms with Crippen molar-refractivity contribution in [3.63, 3.8) is 0 Å². The van der Waals surface area contributed by atoms with Crippen molar-refractivity contribution >= 4 is 19.7 Å². The summed E-state index contributed by atoms with van der Waals surface area (Å²) in [6, 6.07) is 11.2. The molecule has 0 amide bonds. The quantitative estimate of drug-likeness (QED) is 0.230. The highest BCUT2D eigenvalue weighted by molar-refractivity contribution is 6.81. The number of rotatable bonds is 13. The van der Waals surface area contributed by atoms with Crippen LogP contribution in [0.5, 0.6) is 0 Å². The maximum atomic E-state index is 11.1. The van der Waals surface area contributed by atoms with Crippen molar-refractivity contribution < 1.29 is 18.4 Å². The fourth-order valence-electron chi connectivity index (χ4n) is 2.46. The number of benzene rings is 1. The van der Waals surface area contributed by atoms with Crippen molar-refractivity contribution in [1.29, 1.82) is 0 Å². The zero-order valence-corrected chi connectivity index (χ0v) is 16.8. The smallest absolute Gasteiger partial charge is 0.372 e. The van der Waals surface area contributed by atoms with Crippen LogP contribution in [0.15, 0.2) is 43.0 Å². The Kier molecular flexibility index (Phi) is 10.4. The van der Waals surface area contributed by atoms with Gasteiger partial charge in [-0.15, -0.1) is 0 Å². The second-order valence-corrected chi connectivity index (χ2v) is 9.63. The van der Waals surface area contributed by atoms with Gasteiger partial charge in [0, 0.05) is 25.7 Å². The van der Waals surface area contributed by atoms with E-state index >= 15 is 0 Å². The van der Waals surface area contributed by atoms with E-state index in [1.54, 1.807) is 0 Å². The van der Waals surface area contributed by atoms with Gasteiger partial charge in [0.05, 0.1) is 6.61 Å². The molecule has 0 saturated heterocycles. The molecule has 0 radical (unpaired) electrons. The van der Waals surface area contributed by atoms with Crippen molar-refractivity contribution in [1.82, 2.24) is 0 Å². The van der Waals surface area contributed by atoms with E-state index in [-0.39, 0.29) is 0 Å². The first-order chi connectivity index (χ1) is 12.0. The van der Waals surface area contributed by atoms with Gasteiger partial charge in [0.25, 0.3) is 0 Å². The van der Waals surface area contributed by atoms with Gasteiger partial charge in [0.15, 0.2) is 0 Å². The third-order valence-electron chi connectivity index (χ3n) is 3.84. The predicted molar refractivity (Wildman–Crippen MR) is 104 cm³/mol. The Labute approximate surface area is 153 Å². The Bertz CT molecular complexity index is 504. The van der Waals surface area contributed by atoms with E-state index in [0.717, 1.165) is 18.9 Å². The summed E-state index contributed by atoms with van der Waals surface area (Å²) in [4.78, 5) is 11.1. The number of hydrogen-bond donors (Lipinski definition) is 0. The summed E-state index contributed by atoms with van der Waals surface area (Å²) in [7, 11) is -2.50. The second-order valence-electron chi connectivity index (χ2n) is 6.47. The number of ether oxygens (including phenoxy) is 1. The summed E-state index contributed by atoms with van der Waals surface area (Å²) in [6.45, 7) is 11.5. The minimum atomic E-state index is -2.50. The first-order valence-corrected chi connectivity index (χ1v) is 11.2. The molecule has 0 aromatic heterocycles. The predicted octanol–water partition coefficient (Wildman–Crippen LogP) is 3.94. The van der Waals surface area contributed by atoms with Crippen LogP contribution in [0.1, 0.15) is 40.0 Å². The molecule has 0 aliphatic rings. The van der Waals surface area contributed by atoms with Crippen LogP contribution in [0.3, 0.4) is 0 Å². The lowest BCUT2D eigenvalue weighted by Gasteiger charge is -2.32. The molecule has 0 fully saturated rings. The first kappa shape index (κ1) is 21.6. The van der Waals surface area contributed by atoms with Crippen LogP contribution in [0, 0.1) is 5.92 Å². The lowest BCUT2D eigenvalue weighted by Crippen LogP contribution is -2.54. The average molecular weight is 365 g/mol. The first-order valence-electron chi connectivity index (χ1n) is 9.16. The monoisotopic (exact) mass is 364 g/mol. The highest BCUT2D eigenvalue weighted by Gasteiger charge is 2.39. The topological polar surface area (TPSA) is 44.8 Å². The van der Waals surface area contributed by atoms with Gasteiger partial charge in [-0.1, -0.05) is 57.7 Å². The summed E-state index contributed by atoms with van der Waals surface area (Å²) in [5, 5.41) is 1.17. The zero-order chi connectivity index (χ0) is 18.5. The SMILES string of the molecule is C=CC(=O)OCCCO[Si](CCC(C)C)(OCCC)c1ccccc1. The van der Waals surface area contributed by atoms with Gasteiger partial charge in [0.1, 0.15) is 0 Å². The lowest BCUT2D eigenvalue weighted by atomic mass is 10.2. The van der Waals surface area contributed by atoms with Crippen molar-refractivity contribution in [2.24, 2.45) is 5.92 Å². The molecular formula is C20H32O4Si. The van der Waals surface area contributed by atoms with Crippen LogP contribution in [0.25, 0.3) is 0 Å². The number of carbonyl (C=O) groups is 1. The molecule has 1 aromatic rings. The Balaban J connectivity index is 2.79. The zero-order valence-electron chi connectivity index (χ0n) is 15.8. The number of hydrogen-bond acceptors (Lipinski definition) is 4. The van der Waals surface area contributed by atoms with E-state index in [1.807, 2.05) is 18.2 Å². The van der Waals surface area contributed by atoms with Crippen LogP contribution in [0.2, 0.25) is 6.04 Å². The van der Waals surface area contributed by atoms with Crippen LogP contribution in [-0.2, 0) is 18.4 Å². The highest BCUT2D eigenvalue weighted by atomic mass is 28.4. The Hall–Kier alpha value is -1.43. The summed E-state index contributed by atoms with van der Waals surface area (Å²) in [5.74, 6) is 0.201. The van der Waals surface area contributed by atoms with Crippen molar-refractivity contribution in [3.05, 3.63) is 43.0 Å². The van der Waals surface area contributed by atoms with E-state index in [1.165, 1.54) is 11.3 Å². The summed E-state index contributed by atoms with van der Waals surface area (Å²) >= 11 is 0. The third-order valence-corrected chi connectivity index (χ3v) is 7.34. The van der Waals surface area contributed by atoms with Crippen LogP contribution < -0.4 is 5.19 Å². The van der Waals surface area contributed by atoms with Crippen LogP contribution in [-0.4, -0.2) is 34.4 Å². The van der Waals surface area contributed by atoms with Crippen molar-refractivity contribution in [2.45, 2.75) is 46.1 Å². The molecule has 0 aliphatic heterocycles. The molecule has 0 bridgehead atoms. The highest BCUT2D eigenvalue weighted by Crippen LogP contribution is 2.21. The molecule has 0 spiro atoms. The van der Waals surface area contributed by atoms with Gasteiger partial charge in [-0.05, 0) is 30.0 Å². The maximum absolute atomic E-state index is 11.1. The minimum Gasteiger partial charge on any atom is -0.462 e. The molecule has 1 atom stereocenters. The van der Waals surface area contributed by atoms with E-state index < -0.39 is 14.5 Å². The number of carbonyl (C=O) groups excluding carboxylic acids is 1. The molecule has 25 heavy (non-hydrogen) atoms. The molecule has 0 saturated carbocycles. The maximum Gasteiger partial charge on any atom is 0.372 e. The normalized spacial score (nSPS) is 13.4. The van der Waals surface area contributed by atoms with Crippen LogP contribution >= 0.6 is 0 Å². The van der Waals surface area contributed by atoms with Gasteiger partial charge >= 0.3 is 14.5 Å². The fourth-order valence-corrected chi connectivity index (χ4v) is 6.12. The lowest BCUT2D eigenvalue weighted by molar-refractivity contribution is -0.137. The Morgan fingerprint density at radius 3 is 2.44 bits per heavy atom. The molecule has 1 aromatic carbocycles. The van der Waals surface area contributed by atoms with Crippen molar-refractivity contribution in [2.75, 3.05) is 19.8 Å². The third kappa shape index (κ3) is 7.99. The average Bonchev–Trinajstić information content (AvgIpc) is 2.63. The van der Waals surface area contributed by atoms with E-state index in [0.29, 0.717) is 32.2 Å². The van der Waals surface area contributed by atoms with E-state index in [4.69, 9.17) is 13.6 Å². The summed E-state index contributed by atoms with van der Waals surface area (Å²) in [5.41, 5.74) is 0. The largest absolute Gasteiger partial charge is 0.462 e. The molecule has 1 unspecified atom stereocenters. The van der Waals surface area contributed by atoms with Gasteiger partial charge in [-0.3, -0.25) is 0 Å². The molecule has 0 heterocycles. The van der Waals surface area contributed by atoms with Gasteiger partial charge in [0.2, 0.25) is 0 Å². The molecular weight excluding hydrogens is 332 g/mol. The minimum absolute atomic E-state index is 0.335. The number of esters is 1. The standard InChI is InChI=1S/C20H32O4Si/c1-5-14-23-25(17-13-18(3)4,19-11-8-7-9-12-19)24-16-10-15-22-20(21)6-2/h6-9,11-12,18H,2,5,10,13-17H2,1,3-4H3. The molecule has 5 heteroatoms. The van der Waals surface area contributed by atoms with E-state index in [9.17, 15) is 4.79 Å². The molecule has 1 rings (SSSR count). The van der Waals surface area contributed by atoms with Gasteiger partial charge < -0.3 is 13.6 Å². The van der Waals surface area contributed by atoms with E-state index in [2.05, 4.69) is 39.5 Å². The fraction of sp³-hybridized carbons (Fsp3) is 0.550.